The lowest BCUT2D eigenvalue weighted by Crippen LogP contribution is -2.50. The summed E-state index contributed by atoms with van der Waals surface area (Å²) >= 11 is 0. The van der Waals surface area contributed by atoms with Crippen molar-refractivity contribution in [2.24, 2.45) is 5.41 Å². The van der Waals surface area contributed by atoms with Gasteiger partial charge in [0.05, 0.1) is 6.54 Å². The van der Waals surface area contributed by atoms with Crippen LogP contribution in [0.3, 0.4) is 0 Å². The van der Waals surface area contributed by atoms with Gasteiger partial charge in [-0.05, 0) is 56.7 Å². The van der Waals surface area contributed by atoms with E-state index in [9.17, 15) is 4.79 Å². The topological polar surface area (TPSA) is 35.6 Å². The molecule has 1 aliphatic heterocycles. The predicted octanol–water partition coefficient (Wildman–Crippen LogP) is 1.94. The number of allylic oxidation sites excluding steroid dienone is 3. The van der Waals surface area contributed by atoms with Crippen molar-refractivity contribution >= 4 is 5.91 Å². The minimum atomic E-state index is 0.282. The van der Waals surface area contributed by atoms with Crippen LogP contribution in [-0.2, 0) is 4.79 Å². The van der Waals surface area contributed by atoms with Crippen LogP contribution in [0.2, 0.25) is 0 Å². The summed E-state index contributed by atoms with van der Waals surface area (Å²) in [5.41, 5.74) is 3.60. The van der Waals surface area contributed by atoms with Crippen molar-refractivity contribution in [3.05, 3.63) is 23.3 Å². The first-order valence-corrected chi connectivity index (χ1v) is 9.29. The van der Waals surface area contributed by atoms with Crippen LogP contribution < -0.4 is 5.32 Å². The standard InChI is InChI=1S/C19H29N3O/c1-21-9-11-22(12-10-21)18(23)14-20-17-13-19(17)8-4-6-15-5-2-3-7-16(15)19/h5,7,17,20H,2-4,6,8-14H2,1H3. The van der Waals surface area contributed by atoms with Crippen molar-refractivity contribution in [3.63, 3.8) is 0 Å². The van der Waals surface area contributed by atoms with E-state index >= 15 is 0 Å². The van der Waals surface area contributed by atoms with E-state index < -0.39 is 0 Å². The van der Waals surface area contributed by atoms with Gasteiger partial charge in [-0.1, -0.05) is 12.2 Å². The number of amides is 1. The molecule has 0 aromatic carbocycles. The maximum atomic E-state index is 12.4. The lowest BCUT2D eigenvalue weighted by molar-refractivity contribution is -0.131. The second-order valence-corrected chi connectivity index (χ2v) is 7.76. The van der Waals surface area contributed by atoms with Crippen LogP contribution >= 0.6 is 0 Å². The second-order valence-electron chi connectivity index (χ2n) is 7.76. The number of hydrogen-bond donors (Lipinski definition) is 1. The van der Waals surface area contributed by atoms with Gasteiger partial charge in [-0.3, -0.25) is 4.79 Å². The summed E-state index contributed by atoms with van der Waals surface area (Å²) < 4.78 is 0. The second kappa shape index (κ2) is 6.06. The Labute approximate surface area is 139 Å². The highest BCUT2D eigenvalue weighted by Crippen LogP contribution is 2.61. The lowest BCUT2D eigenvalue weighted by atomic mass is 9.75. The Kier molecular flexibility index (Phi) is 4.06. The van der Waals surface area contributed by atoms with Crippen molar-refractivity contribution in [1.82, 2.24) is 15.1 Å². The molecule has 2 saturated carbocycles. The fourth-order valence-electron chi connectivity index (χ4n) is 4.74. The molecule has 2 unspecified atom stereocenters. The van der Waals surface area contributed by atoms with Gasteiger partial charge in [0.25, 0.3) is 0 Å². The number of hydrogen-bond acceptors (Lipinski definition) is 3. The van der Waals surface area contributed by atoms with Crippen LogP contribution in [0.25, 0.3) is 0 Å². The van der Waals surface area contributed by atoms with Crippen molar-refractivity contribution in [3.8, 4) is 0 Å². The van der Waals surface area contributed by atoms with Gasteiger partial charge in [0.1, 0.15) is 0 Å². The van der Waals surface area contributed by atoms with Crippen LogP contribution in [0.15, 0.2) is 23.3 Å². The van der Waals surface area contributed by atoms with E-state index in [-0.39, 0.29) is 5.91 Å². The van der Waals surface area contributed by atoms with Gasteiger partial charge in [0, 0.05) is 37.6 Å². The Hall–Kier alpha value is -1.13. The van der Waals surface area contributed by atoms with Crippen LogP contribution in [-0.4, -0.2) is 61.5 Å². The highest BCUT2D eigenvalue weighted by atomic mass is 16.2. The van der Waals surface area contributed by atoms with Crippen molar-refractivity contribution in [2.75, 3.05) is 39.8 Å². The molecule has 126 valence electrons. The van der Waals surface area contributed by atoms with Gasteiger partial charge in [0.2, 0.25) is 5.91 Å². The summed E-state index contributed by atoms with van der Waals surface area (Å²) in [5.74, 6) is 0.282. The van der Waals surface area contributed by atoms with Gasteiger partial charge in [-0.2, -0.15) is 0 Å². The van der Waals surface area contributed by atoms with Gasteiger partial charge in [-0.25, -0.2) is 0 Å². The number of nitrogens with zero attached hydrogens (tertiary/aromatic N) is 2. The zero-order valence-electron chi connectivity index (χ0n) is 14.3. The van der Waals surface area contributed by atoms with Crippen LogP contribution in [0, 0.1) is 5.41 Å². The van der Waals surface area contributed by atoms with E-state index in [4.69, 9.17) is 0 Å². The average Bonchev–Trinajstić information content (AvgIpc) is 3.27. The molecular weight excluding hydrogens is 286 g/mol. The van der Waals surface area contributed by atoms with Crippen LogP contribution in [0.4, 0.5) is 0 Å². The average molecular weight is 315 g/mol. The monoisotopic (exact) mass is 315 g/mol. The maximum absolute atomic E-state index is 12.4. The molecule has 3 fully saturated rings. The summed E-state index contributed by atoms with van der Waals surface area (Å²) in [4.78, 5) is 16.7. The Morgan fingerprint density at radius 1 is 1.26 bits per heavy atom. The molecule has 0 aromatic rings. The highest BCUT2D eigenvalue weighted by Gasteiger charge is 2.57. The third-order valence-corrected chi connectivity index (χ3v) is 6.29. The molecule has 0 aromatic heterocycles. The quantitative estimate of drug-likeness (QED) is 0.864. The fraction of sp³-hybridized carbons (Fsp3) is 0.737. The van der Waals surface area contributed by atoms with E-state index in [0.29, 0.717) is 18.0 Å². The Balaban J connectivity index is 1.32. The fourth-order valence-corrected chi connectivity index (χ4v) is 4.74. The maximum Gasteiger partial charge on any atom is 0.236 e. The van der Waals surface area contributed by atoms with E-state index in [0.717, 1.165) is 26.2 Å². The van der Waals surface area contributed by atoms with E-state index in [2.05, 4.69) is 29.4 Å². The van der Waals surface area contributed by atoms with E-state index in [1.807, 2.05) is 4.90 Å². The van der Waals surface area contributed by atoms with Gasteiger partial charge in [-0.15, -0.1) is 0 Å². The number of rotatable bonds is 3. The number of likely N-dealkylation sites (N-methyl/N-ethyl adjacent to an activating group) is 1. The summed E-state index contributed by atoms with van der Waals surface area (Å²) in [6, 6.07) is 0.520. The first-order valence-electron chi connectivity index (χ1n) is 9.29. The number of carbonyl (C=O) groups excluding carboxylic acids is 1. The molecule has 1 heterocycles. The molecule has 0 radical (unpaired) electrons. The minimum Gasteiger partial charge on any atom is -0.339 e. The van der Waals surface area contributed by atoms with Crippen LogP contribution in [0.1, 0.15) is 38.5 Å². The molecule has 0 bridgehead atoms. The summed E-state index contributed by atoms with van der Waals surface area (Å²) in [7, 11) is 2.13. The van der Waals surface area contributed by atoms with Gasteiger partial charge >= 0.3 is 0 Å². The van der Waals surface area contributed by atoms with Crippen molar-refractivity contribution in [1.29, 1.82) is 0 Å². The third kappa shape index (κ3) is 2.87. The molecule has 1 saturated heterocycles. The summed E-state index contributed by atoms with van der Waals surface area (Å²) in [6.45, 7) is 4.28. The summed E-state index contributed by atoms with van der Waals surface area (Å²) in [6.07, 6.45) is 12.5. The minimum absolute atomic E-state index is 0.282. The van der Waals surface area contributed by atoms with E-state index in [1.54, 1.807) is 11.1 Å². The van der Waals surface area contributed by atoms with Crippen LogP contribution in [0.5, 0.6) is 0 Å². The SMILES string of the molecule is CN1CCN(C(=O)CNC2CC23CCCC2=CCCC=C23)CC1. The molecule has 4 heteroatoms. The van der Waals surface area contributed by atoms with Gasteiger partial charge < -0.3 is 15.1 Å². The molecule has 4 rings (SSSR count). The highest BCUT2D eigenvalue weighted by molar-refractivity contribution is 5.78. The van der Waals surface area contributed by atoms with Crippen molar-refractivity contribution in [2.45, 2.75) is 44.6 Å². The number of carbonyl (C=O) groups is 1. The molecule has 1 spiro atoms. The molecule has 1 amide bonds. The predicted molar refractivity (Wildman–Crippen MR) is 92.2 cm³/mol. The summed E-state index contributed by atoms with van der Waals surface area (Å²) in [5, 5.41) is 3.59. The molecule has 2 atom stereocenters. The van der Waals surface area contributed by atoms with Gasteiger partial charge in [0.15, 0.2) is 0 Å². The van der Waals surface area contributed by atoms with E-state index in [1.165, 1.54) is 38.5 Å². The Bertz CT molecular complexity index is 545. The molecule has 3 aliphatic carbocycles. The zero-order valence-corrected chi connectivity index (χ0v) is 14.3. The first-order chi connectivity index (χ1) is 11.2. The molecule has 4 nitrogen and oxygen atoms in total. The molecular formula is C19H29N3O. The normalized spacial score (nSPS) is 34.0. The Morgan fingerprint density at radius 2 is 2.04 bits per heavy atom. The number of nitrogens with one attached hydrogen (secondary N) is 1. The smallest absolute Gasteiger partial charge is 0.236 e. The first kappa shape index (κ1) is 15.4. The zero-order chi connectivity index (χ0) is 15.9. The molecule has 4 aliphatic rings. The number of fused-ring (bicyclic) bond motifs is 2. The number of piperazine rings is 1. The third-order valence-electron chi connectivity index (χ3n) is 6.29. The molecule has 23 heavy (non-hydrogen) atoms. The molecule has 1 N–H and O–H groups in total. The Morgan fingerprint density at radius 3 is 2.87 bits per heavy atom. The largest absolute Gasteiger partial charge is 0.339 e. The lowest BCUT2D eigenvalue weighted by Gasteiger charge is -2.33. The van der Waals surface area contributed by atoms with Crippen molar-refractivity contribution < 1.29 is 4.79 Å².